The minimum absolute atomic E-state index is 0.178. The van der Waals surface area contributed by atoms with Gasteiger partial charge in [0.05, 0.1) is 11.9 Å². The van der Waals surface area contributed by atoms with Gasteiger partial charge in [0.1, 0.15) is 5.75 Å². The summed E-state index contributed by atoms with van der Waals surface area (Å²) >= 11 is 5.98. The Labute approximate surface area is 195 Å². The Morgan fingerprint density at radius 3 is 2.52 bits per heavy atom. The van der Waals surface area contributed by atoms with Crippen molar-refractivity contribution in [1.82, 2.24) is 15.1 Å². The van der Waals surface area contributed by atoms with Gasteiger partial charge in [-0.25, -0.2) is 0 Å². The van der Waals surface area contributed by atoms with E-state index < -0.39 is 5.56 Å². The number of anilines is 2. The Kier molecular flexibility index (Phi) is 6.71. The maximum absolute atomic E-state index is 13.4. The number of para-hydroxylation sites is 1. The van der Waals surface area contributed by atoms with Gasteiger partial charge in [-0.1, -0.05) is 35.9 Å². The van der Waals surface area contributed by atoms with Gasteiger partial charge in [0, 0.05) is 22.8 Å². The summed E-state index contributed by atoms with van der Waals surface area (Å²) in [5.41, 5.74) is 1.34. The molecule has 166 valence electrons. The first-order chi connectivity index (χ1) is 16.0. The fraction of sp³-hybridized carbons (Fsp3) is 0.0800. The lowest BCUT2D eigenvalue weighted by molar-refractivity contribution is 0.0956. The van der Waals surface area contributed by atoms with Crippen LogP contribution in [0.25, 0.3) is 5.69 Å². The summed E-state index contributed by atoms with van der Waals surface area (Å²) in [4.78, 5) is 25.7. The van der Waals surface area contributed by atoms with Crippen molar-refractivity contribution in [2.24, 2.45) is 0 Å². The van der Waals surface area contributed by atoms with Crippen LogP contribution in [0.15, 0.2) is 89.9 Å². The van der Waals surface area contributed by atoms with Gasteiger partial charge in [-0.2, -0.15) is 9.78 Å². The summed E-state index contributed by atoms with van der Waals surface area (Å²) in [5.74, 6) is 0.608. The largest absolute Gasteiger partial charge is 0.453 e. The number of benzene rings is 3. The molecule has 1 aromatic heterocycles. The first-order valence-corrected chi connectivity index (χ1v) is 10.7. The zero-order valence-corrected chi connectivity index (χ0v) is 18.5. The molecule has 0 aliphatic heterocycles. The first-order valence-electron chi connectivity index (χ1n) is 10.3. The third-order valence-corrected chi connectivity index (χ3v) is 4.97. The lowest BCUT2D eigenvalue weighted by Gasteiger charge is -2.15. The lowest BCUT2D eigenvalue weighted by Crippen LogP contribution is -2.24. The average Bonchev–Trinajstić information content (AvgIpc) is 2.83. The summed E-state index contributed by atoms with van der Waals surface area (Å²) in [5, 5.41) is 10.7. The topological polar surface area (TPSA) is 85.2 Å². The Hall–Kier alpha value is -4.10. The average molecular weight is 461 g/mol. The number of aromatic nitrogens is 2. The summed E-state index contributed by atoms with van der Waals surface area (Å²) in [6, 6.07) is 22.8. The molecule has 8 heteroatoms. The van der Waals surface area contributed by atoms with E-state index in [1.807, 2.05) is 25.1 Å². The predicted octanol–water partition coefficient (Wildman–Crippen LogP) is 5.17. The van der Waals surface area contributed by atoms with Crippen LogP contribution in [0.4, 0.5) is 11.4 Å². The first kappa shape index (κ1) is 22.1. The maximum Gasteiger partial charge on any atom is 0.299 e. The number of carbonyl (C=O) groups is 1. The van der Waals surface area contributed by atoms with Crippen LogP contribution in [0, 0.1) is 0 Å². The molecule has 4 rings (SSSR count). The number of halogens is 1. The molecule has 0 unspecified atom stereocenters. The van der Waals surface area contributed by atoms with Crippen LogP contribution in [0.5, 0.6) is 11.5 Å². The van der Waals surface area contributed by atoms with Gasteiger partial charge in [0.15, 0.2) is 11.4 Å². The van der Waals surface area contributed by atoms with Crippen molar-refractivity contribution in [1.29, 1.82) is 0 Å². The number of ether oxygens (including phenoxy) is 1. The molecule has 1 amide bonds. The molecule has 0 fully saturated rings. The normalized spacial score (nSPS) is 10.5. The molecule has 0 aliphatic rings. The highest BCUT2D eigenvalue weighted by molar-refractivity contribution is 6.30. The predicted molar refractivity (Wildman–Crippen MR) is 129 cm³/mol. The lowest BCUT2D eigenvalue weighted by atomic mass is 10.2. The number of hydrogen-bond donors (Lipinski definition) is 2. The molecule has 0 atom stereocenters. The molecule has 2 N–H and O–H groups in total. The van der Waals surface area contributed by atoms with E-state index in [2.05, 4.69) is 15.7 Å². The molecule has 1 heterocycles. The van der Waals surface area contributed by atoms with Gasteiger partial charge >= 0.3 is 0 Å². The van der Waals surface area contributed by atoms with E-state index in [0.717, 1.165) is 0 Å². The van der Waals surface area contributed by atoms with Gasteiger partial charge in [-0.05, 0) is 61.5 Å². The number of rotatable bonds is 7. The second-order valence-electron chi connectivity index (χ2n) is 7.06. The Bertz CT molecular complexity index is 1320. The van der Waals surface area contributed by atoms with Crippen molar-refractivity contribution < 1.29 is 9.53 Å². The Morgan fingerprint density at radius 2 is 1.79 bits per heavy atom. The number of carbonyl (C=O) groups excluding carboxylic acids is 1. The van der Waals surface area contributed by atoms with Gasteiger partial charge in [0.2, 0.25) is 0 Å². The van der Waals surface area contributed by atoms with Crippen molar-refractivity contribution in [3.63, 3.8) is 0 Å². The van der Waals surface area contributed by atoms with Crippen LogP contribution in [0.3, 0.4) is 0 Å². The molecule has 0 spiro atoms. The molecule has 4 aromatic rings. The van der Waals surface area contributed by atoms with E-state index in [4.69, 9.17) is 16.3 Å². The molecular weight excluding hydrogens is 440 g/mol. The number of hydrogen-bond acceptors (Lipinski definition) is 5. The standard InChI is InChI=1S/C25H21ClN4O3/c1-2-27-24(31)17-7-6-8-19(15-17)29-23-22(33-21-9-4-3-5-10-21)16-28-30(25(23)32)20-13-11-18(26)12-14-20/h3-16,29H,2H2,1H3,(H,27,31). The van der Waals surface area contributed by atoms with Crippen LogP contribution in [-0.2, 0) is 0 Å². The molecule has 0 saturated carbocycles. The molecule has 0 bridgehead atoms. The van der Waals surface area contributed by atoms with E-state index in [0.29, 0.717) is 34.3 Å². The van der Waals surface area contributed by atoms with E-state index in [9.17, 15) is 9.59 Å². The van der Waals surface area contributed by atoms with E-state index in [1.165, 1.54) is 10.9 Å². The zero-order chi connectivity index (χ0) is 23.2. The monoisotopic (exact) mass is 460 g/mol. The van der Waals surface area contributed by atoms with Crippen LogP contribution < -0.4 is 20.9 Å². The minimum atomic E-state index is -0.422. The minimum Gasteiger partial charge on any atom is -0.453 e. The molecule has 0 saturated heterocycles. The van der Waals surface area contributed by atoms with Crippen molar-refractivity contribution in [2.45, 2.75) is 6.92 Å². The van der Waals surface area contributed by atoms with E-state index >= 15 is 0 Å². The highest BCUT2D eigenvalue weighted by Crippen LogP contribution is 2.29. The smallest absolute Gasteiger partial charge is 0.299 e. The second kappa shape index (κ2) is 10.0. The number of nitrogens with zero attached hydrogens (tertiary/aromatic N) is 2. The summed E-state index contributed by atoms with van der Waals surface area (Å²) in [7, 11) is 0. The van der Waals surface area contributed by atoms with E-state index in [-0.39, 0.29) is 17.3 Å². The van der Waals surface area contributed by atoms with Gasteiger partial charge < -0.3 is 15.4 Å². The maximum atomic E-state index is 13.4. The third-order valence-electron chi connectivity index (χ3n) is 4.72. The third kappa shape index (κ3) is 5.22. The quantitative estimate of drug-likeness (QED) is 0.397. The van der Waals surface area contributed by atoms with Gasteiger partial charge in [-0.15, -0.1) is 0 Å². The molecule has 7 nitrogen and oxygen atoms in total. The van der Waals surface area contributed by atoms with E-state index in [1.54, 1.807) is 60.7 Å². The Morgan fingerprint density at radius 1 is 1.03 bits per heavy atom. The molecule has 0 aliphatic carbocycles. The molecular formula is C25H21ClN4O3. The summed E-state index contributed by atoms with van der Waals surface area (Å²) in [6.45, 7) is 2.37. The number of nitrogens with one attached hydrogen (secondary N) is 2. The van der Waals surface area contributed by atoms with Crippen LogP contribution in [0.2, 0.25) is 5.02 Å². The van der Waals surface area contributed by atoms with Gasteiger partial charge in [0.25, 0.3) is 11.5 Å². The highest BCUT2D eigenvalue weighted by Gasteiger charge is 2.16. The van der Waals surface area contributed by atoms with Crippen molar-refractivity contribution in [3.05, 3.63) is 106 Å². The zero-order valence-electron chi connectivity index (χ0n) is 17.8. The van der Waals surface area contributed by atoms with Crippen LogP contribution >= 0.6 is 11.6 Å². The Balaban J connectivity index is 1.77. The van der Waals surface area contributed by atoms with Gasteiger partial charge in [-0.3, -0.25) is 9.59 Å². The summed E-state index contributed by atoms with van der Waals surface area (Å²) < 4.78 is 7.20. The summed E-state index contributed by atoms with van der Waals surface area (Å²) in [6.07, 6.45) is 1.47. The second-order valence-corrected chi connectivity index (χ2v) is 7.49. The molecule has 0 radical (unpaired) electrons. The highest BCUT2D eigenvalue weighted by atomic mass is 35.5. The van der Waals surface area contributed by atoms with Crippen LogP contribution in [0.1, 0.15) is 17.3 Å². The fourth-order valence-electron chi connectivity index (χ4n) is 3.16. The SMILES string of the molecule is CCNC(=O)c1cccc(Nc2c(Oc3ccccc3)cnn(-c3ccc(Cl)cc3)c2=O)c1. The number of amides is 1. The molecule has 3 aromatic carbocycles. The van der Waals surface area contributed by atoms with Crippen molar-refractivity contribution >= 4 is 28.9 Å². The van der Waals surface area contributed by atoms with Crippen molar-refractivity contribution in [3.8, 4) is 17.2 Å². The van der Waals surface area contributed by atoms with Crippen LogP contribution in [-0.4, -0.2) is 22.2 Å². The molecule has 33 heavy (non-hydrogen) atoms. The fourth-order valence-corrected chi connectivity index (χ4v) is 3.28. The van der Waals surface area contributed by atoms with Crippen molar-refractivity contribution in [2.75, 3.05) is 11.9 Å².